The van der Waals surface area contributed by atoms with Gasteiger partial charge in [-0.2, -0.15) is 3.21 Å². The zero-order valence-electron chi connectivity index (χ0n) is 15.4. The number of carbonyl (C=O) groups excluding carboxylic acids is 2. The smallest absolute Gasteiger partial charge is 0.410 e. The number of amides is 1. The molecule has 1 N–H and O–H groups in total. The van der Waals surface area contributed by atoms with Crippen molar-refractivity contribution in [1.82, 2.24) is 4.90 Å². The van der Waals surface area contributed by atoms with Crippen LogP contribution in [0.1, 0.15) is 33.6 Å². The average Bonchev–Trinajstić information content (AvgIpc) is 2.60. The quantitative estimate of drug-likeness (QED) is 0.326. The number of hydrogen-bond donors (Lipinski definition) is 1. The van der Waals surface area contributed by atoms with Gasteiger partial charge in [0.1, 0.15) is 11.4 Å². The molecule has 1 heterocycles. The van der Waals surface area contributed by atoms with Crippen LogP contribution in [0.5, 0.6) is 0 Å². The minimum atomic E-state index is -0.544. The van der Waals surface area contributed by atoms with Crippen LogP contribution in [-0.2, 0) is 9.53 Å². The largest absolute Gasteiger partial charge is 0.444 e. The molecule has 1 aromatic rings. The van der Waals surface area contributed by atoms with Gasteiger partial charge in [-0.1, -0.05) is 0 Å². The number of ketones is 1. The molecule has 1 amide bonds. The van der Waals surface area contributed by atoms with Gasteiger partial charge in [-0.15, -0.1) is 0 Å². The van der Waals surface area contributed by atoms with Crippen molar-refractivity contribution >= 4 is 62.2 Å². The second-order valence-electron chi connectivity index (χ2n) is 7.29. The van der Waals surface area contributed by atoms with E-state index in [4.69, 9.17) is 4.74 Å². The van der Waals surface area contributed by atoms with E-state index in [0.717, 1.165) is 0 Å². The van der Waals surface area contributed by atoms with E-state index in [1.807, 2.05) is 20.8 Å². The standard InChI is InChI=1S/C18H22BrFIN3O3/c1-18(2,3)27-17(26)24-8-6-11(7-9-24)15(25)16(23-21)22-12-4-5-14(20)13(19)10-12/h4-5,10-11H,6-9H2,1-3H3,(H,22,23). The lowest BCUT2D eigenvalue weighted by Crippen LogP contribution is -2.44. The molecule has 9 heteroatoms. The van der Waals surface area contributed by atoms with Crippen LogP contribution in [0.3, 0.4) is 0 Å². The Kier molecular flexibility index (Phi) is 7.61. The summed E-state index contributed by atoms with van der Waals surface area (Å²) in [6, 6.07) is 4.40. The number of likely N-dealkylation sites (tertiary alicyclic amines) is 1. The number of halogens is 3. The third-order valence-corrected chi connectivity index (χ3v) is 5.11. The lowest BCUT2D eigenvalue weighted by Gasteiger charge is -2.33. The normalized spacial score (nSPS) is 16.2. The topological polar surface area (TPSA) is 71.0 Å². The number of piperidine rings is 1. The van der Waals surface area contributed by atoms with E-state index >= 15 is 0 Å². The van der Waals surface area contributed by atoms with Gasteiger partial charge in [0, 0.05) is 24.7 Å². The predicted molar refractivity (Wildman–Crippen MR) is 115 cm³/mol. The van der Waals surface area contributed by atoms with Crippen LogP contribution in [0, 0.1) is 11.7 Å². The number of nitrogens with one attached hydrogen (secondary N) is 1. The van der Waals surface area contributed by atoms with Gasteiger partial charge in [0.15, 0.2) is 5.84 Å². The molecule has 0 radical (unpaired) electrons. The Bertz CT molecular complexity index is 744. The fourth-order valence-electron chi connectivity index (χ4n) is 2.68. The fraction of sp³-hybridized carbons (Fsp3) is 0.500. The van der Waals surface area contributed by atoms with Crippen molar-refractivity contribution < 1.29 is 18.7 Å². The molecule has 0 atom stereocenters. The Hall–Kier alpha value is -1.23. The fourth-order valence-corrected chi connectivity index (χ4v) is 3.42. The van der Waals surface area contributed by atoms with Crippen LogP contribution >= 0.6 is 38.8 Å². The first-order valence-corrected chi connectivity index (χ1v) is 10.3. The van der Waals surface area contributed by atoms with Crippen LogP contribution in [-0.4, -0.2) is 41.3 Å². The lowest BCUT2D eigenvalue weighted by molar-refractivity contribution is -0.117. The summed E-state index contributed by atoms with van der Waals surface area (Å²) < 4.78 is 23.1. The van der Waals surface area contributed by atoms with Crippen LogP contribution in [0.2, 0.25) is 0 Å². The maximum absolute atomic E-state index is 13.4. The van der Waals surface area contributed by atoms with E-state index in [1.165, 1.54) is 6.07 Å². The van der Waals surface area contributed by atoms with E-state index in [1.54, 1.807) is 39.9 Å². The Morgan fingerprint density at radius 3 is 2.48 bits per heavy atom. The van der Waals surface area contributed by atoms with E-state index in [2.05, 4.69) is 24.5 Å². The van der Waals surface area contributed by atoms with Crippen molar-refractivity contribution in [3.8, 4) is 0 Å². The van der Waals surface area contributed by atoms with Crippen LogP contribution in [0.15, 0.2) is 25.9 Å². The number of carbonyl (C=O) groups is 2. The van der Waals surface area contributed by atoms with Gasteiger partial charge < -0.3 is 15.0 Å². The molecule has 0 bridgehead atoms. The minimum Gasteiger partial charge on any atom is -0.444 e. The van der Waals surface area contributed by atoms with Crippen molar-refractivity contribution in [2.45, 2.75) is 39.2 Å². The Balaban J connectivity index is 1.95. The van der Waals surface area contributed by atoms with Crippen LogP contribution < -0.4 is 5.32 Å². The monoisotopic (exact) mass is 553 g/mol. The summed E-state index contributed by atoms with van der Waals surface area (Å²) in [5.41, 5.74) is 0.0243. The van der Waals surface area contributed by atoms with Gasteiger partial charge in [-0.05, 0) is 67.7 Å². The molecule has 6 nitrogen and oxygen atoms in total. The van der Waals surface area contributed by atoms with Crippen molar-refractivity contribution in [1.29, 1.82) is 0 Å². The zero-order valence-corrected chi connectivity index (χ0v) is 19.1. The second-order valence-corrected chi connectivity index (χ2v) is 8.63. The molecular formula is C18H22BrFIN3O3. The molecule has 1 saturated heterocycles. The molecule has 27 heavy (non-hydrogen) atoms. The number of amidine groups is 1. The molecule has 0 spiro atoms. The first-order valence-electron chi connectivity index (χ1n) is 8.54. The first kappa shape index (κ1) is 22.1. The van der Waals surface area contributed by atoms with Gasteiger partial charge >= 0.3 is 6.09 Å². The van der Waals surface area contributed by atoms with Crippen molar-refractivity contribution in [3.05, 3.63) is 28.5 Å². The summed E-state index contributed by atoms with van der Waals surface area (Å²) in [5, 5.41) is 2.95. The third-order valence-electron chi connectivity index (χ3n) is 4.02. The molecule has 2 rings (SSSR count). The number of Topliss-reactive ketones (excluding diaryl/α,β-unsaturated/α-hetero) is 1. The molecule has 1 aliphatic heterocycles. The number of benzene rings is 1. The Morgan fingerprint density at radius 1 is 1.33 bits per heavy atom. The number of ether oxygens (including phenoxy) is 1. The summed E-state index contributed by atoms with van der Waals surface area (Å²) in [6.07, 6.45) is 0.732. The summed E-state index contributed by atoms with van der Waals surface area (Å²) in [4.78, 5) is 26.5. The Morgan fingerprint density at radius 2 is 1.96 bits per heavy atom. The zero-order chi connectivity index (χ0) is 20.2. The van der Waals surface area contributed by atoms with Gasteiger partial charge in [-0.3, -0.25) is 4.79 Å². The highest BCUT2D eigenvalue weighted by Crippen LogP contribution is 2.23. The molecule has 0 unspecified atom stereocenters. The molecule has 0 saturated carbocycles. The number of rotatable bonds is 3. The molecule has 1 aromatic carbocycles. The molecule has 0 aliphatic carbocycles. The number of hydrogen-bond acceptors (Lipinski definition) is 4. The summed E-state index contributed by atoms with van der Waals surface area (Å²) in [7, 11) is 0. The molecule has 1 aliphatic rings. The summed E-state index contributed by atoms with van der Waals surface area (Å²) >= 11 is 4.89. The number of anilines is 1. The van der Waals surface area contributed by atoms with Crippen LogP contribution in [0.4, 0.5) is 14.9 Å². The highest BCUT2D eigenvalue weighted by Gasteiger charge is 2.31. The molecule has 0 aromatic heterocycles. The maximum Gasteiger partial charge on any atom is 0.410 e. The van der Waals surface area contributed by atoms with Gasteiger partial charge in [0.2, 0.25) is 5.78 Å². The van der Waals surface area contributed by atoms with E-state index in [9.17, 15) is 14.0 Å². The summed E-state index contributed by atoms with van der Waals surface area (Å²) in [5.74, 6) is -0.513. The minimum absolute atomic E-state index is 0.117. The third kappa shape index (κ3) is 6.41. The Labute approximate surface area is 180 Å². The molecule has 148 valence electrons. The van der Waals surface area contributed by atoms with Crippen molar-refractivity contribution in [3.63, 3.8) is 0 Å². The van der Waals surface area contributed by atoms with Gasteiger partial charge in [0.25, 0.3) is 0 Å². The molecule has 1 fully saturated rings. The SMILES string of the molecule is CC(C)(C)OC(=O)N1CCC(C(=O)/C(=N/I)Nc2ccc(F)c(Br)c2)CC1. The predicted octanol–water partition coefficient (Wildman–Crippen LogP) is 4.96. The summed E-state index contributed by atoms with van der Waals surface area (Å²) in [6.45, 7) is 6.39. The highest BCUT2D eigenvalue weighted by atomic mass is 127. The number of nitrogens with zero attached hydrogens (tertiary/aromatic N) is 2. The van der Waals surface area contributed by atoms with E-state index in [0.29, 0.717) is 36.1 Å². The van der Waals surface area contributed by atoms with Crippen molar-refractivity contribution in [2.75, 3.05) is 18.4 Å². The first-order chi connectivity index (χ1) is 12.6. The lowest BCUT2D eigenvalue weighted by atomic mass is 9.92. The molecular weight excluding hydrogens is 532 g/mol. The average molecular weight is 554 g/mol. The van der Waals surface area contributed by atoms with E-state index in [-0.39, 0.29) is 29.4 Å². The van der Waals surface area contributed by atoms with Crippen LogP contribution in [0.25, 0.3) is 0 Å². The maximum atomic E-state index is 13.4. The van der Waals surface area contributed by atoms with Crippen molar-refractivity contribution in [2.24, 2.45) is 9.12 Å². The van der Waals surface area contributed by atoms with Gasteiger partial charge in [0.05, 0.1) is 27.3 Å². The van der Waals surface area contributed by atoms with E-state index < -0.39 is 5.60 Å². The highest BCUT2D eigenvalue weighted by molar-refractivity contribution is 14.1. The van der Waals surface area contributed by atoms with Gasteiger partial charge in [-0.25, -0.2) is 9.18 Å². The second kappa shape index (κ2) is 9.31.